The smallest absolute Gasteiger partial charge is 0.274 e. The maximum Gasteiger partial charge on any atom is 0.451 e. The van der Waals surface area contributed by atoms with Crippen LogP contribution >= 0.6 is 0 Å². The molecule has 20 heavy (non-hydrogen) atoms. The zero-order valence-electron chi connectivity index (χ0n) is 10.3. The molecule has 0 aliphatic heterocycles. The van der Waals surface area contributed by atoms with Crippen LogP contribution in [-0.2, 0) is 19.8 Å². The second kappa shape index (κ2) is 4.85. The van der Waals surface area contributed by atoms with Crippen LogP contribution in [0.25, 0.3) is 0 Å². The van der Waals surface area contributed by atoms with Gasteiger partial charge in [-0.05, 0) is 11.6 Å². The molecule has 0 aliphatic carbocycles. The van der Waals surface area contributed by atoms with E-state index in [1.807, 2.05) is 6.07 Å². The number of nitriles is 1. The monoisotopic (exact) mass is 282 g/mol. The summed E-state index contributed by atoms with van der Waals surface area (Å²) in [5.41, 5.74) is -0.160. The molecule has 0 aliphatic rings. The van der Waals surface area contributed by atoms with Crippen LogP contribution in [0.4, 0.5) is 13.2 Å². The Hall–Kier alpha value is -2.56. The molecule has 0 bridgehead atoms. The molecule has 2 aromatic rings. The van der Waals surface area contributed by atoms with Gasteiger partial charge >= 0.3 is 11.9 Å². The normalized spacial score (nSPS) is 11.3. The Balaban J connectivity index is 2.46. The third-order valence-corrected chi connectivity index (χ3v) is 2.75. The second-order valence-electron chi connectivity index (χ2n) is 4.09. The van der Waals surface area contributed by atoms with Crippen LogP contribution in [0.15, 0.2) is 29.1 Å². The third-order valence-electron chi connectivity index (χ3n) is 2.75. The summed E-state index contributed by atoms with van der Waals surface area (Å²) in [6.45, 7) is -0.188. The number of benzene rings is 1. The molecule has 1 heterocycles. The highest BCUT2D eigenvalue weighted by molar-refractivity contribution is 5.37. The van der Waals surface area contributed by atoms with Crippen LogP contribution in [0.5, 0.6) is 0 Å². The Labute approximate surface area is 111 Å². The Kier molecular flexibility index (Phi) is 3.36. The van der Waals surface area contributed by atoms with Gasteiger partial charge in [-0.1, -0.05) is 18.2 Å². The van der Waals surface area contributed by atoms with E-state index in [4.69, 9.17) is 5.26 Å². The summed E-state index contributed by atoms with van der Waals surface area (Å²) in [6, 6.07) is 8.26. The molecule has 104 valence electrons. The lowest BCUT2D eigenvalue weighted by Gasteiger charge is -2.03. The number of halogens is 3. The van der Waals surface area contributed by atoms with Gasteiger partial charge in [0, 0.05) is 7.05 Å². The molecule has 1 aromatic carbocycles. The molecule has 2 rings (SSSR count). The van der Waals surface area contributed by atoms with Crippen molar-refractivity contribution < 1.29 is 13.2 Å². The van der Waals surface area contributed by atoms with E-state index < -0.39 is 17.7 Å². The van der Waals surface area contributed by atoms with Crippen molar-refractivity contribution in [2.75, 3.05) is 0 Å². The number of alkyl halides is 3. The molecule has 0 saturated carbocycles. The third kappa shape index (κ3) is 2.42. The van der Waals surface area contributed by atoms with Crippen molar-refractivity contribution in [3.05, 3.63) is 51.7 Å². The zero-order chi connectivity index (χ0) is 14.9. The lowest BCUT2D eigenvalue weighted by Crippen LogP contribution is -2.25. The molecule has 0 unspecified atom stereocenters. The minimum absolute atomic E-state index is 0.188. The lowest BCUT2D eigenvalue weighted by molar-refractivity contribution is -0.147. The summed E-state index contributed by atoms with van der Waals surface area (Å²) < 4.78 is 39.0. The van der Waals surface area contributed by atoms with Crippen LogP contribution in [0, 0.1) is 11.3 Å². The maximum absolute atomic E-state index is 12.6. The fourth-order valence-electron chi connectivity index (χ4n) is 1.77. The minimum atomic E-state index is -4.70. The molecule has 0 spiro atoms. The average Bonchev–Trinajstić information content (AvgIpc) is 2.67. The molecule has 0 atom stereocenters. The molecular formula is C12H9F3N4O. The summed E-state index contributed by atoms with van der Waals surface area (Å²) in [7, 11) is 1.00. The Bertz CT molecular complexity index is 736. The van der Waals surface area contributed by atoms with Crippen molar-refractivity contribution in [3.8, 4) is 6.07 Å². The average molecular weight is 282 g/mol. The van der Waals surface area contributed by atoms with E-state index in [1.165, 1.54) is 6.07 Å². The van der Waals surface area contributed by atoms with E-state index in [2.05, 4.69) is 5.10 Å². The Morgan fingerprint density at radius 2 is 2.00 bits per heavy atom. The minimum Gasteiger partial charge on any atom is -0.274 e. The summed E-state index contributed by atoms with van der Waals surface area (Å²) in [5.74, 6) is -1.27. The first kappa shape index (κ1) is 13.9. The first-order chi connectivity index (χ1) is 9.34. The summed E-state index contributed by atoms with van der Waals surface area (Å²) >= 11 is 0. The van der Waals surface area contributed by atoms with Crippen molar-refractivity contribution in [1.82, 2.24) is 14.3 Å². The SMILES string of the molecule is Cn1c(C(F)(F)F)nn(Cc2ccccc2C#N)c1=O. The predicted molar refractivity (Wildman–Crippen MR) is 62.7 cm³/mol. The van der Waals surface area contributed by atoms with Gasteiger partial charge in [0.05, 0.1) is 18.2 Å². The molecule has 1 aromatic heterocycles. The van der Waals surface area contributed by atoms with Crippen molar-refractivity contribution in [2.45, 2.75) is 12.7 Å². The van der Waals surface area contributed by atoms with E-state index in [0.717, 1.165) is 7.05 Å². The van der Waals surface area contributed by atoms with E-state index in [-0.39, 0.29) is 6.54 Å². The Morgan fingerprint density at radius 1 is 1.35 bits per heavy atom. The number of rotatable bonds is 2. The van der Waals surface area contributed by atoms with Gasteiger partial charge in [0.2, 0.25) is 5.82 Å². The van der Waals surface area contributed by atoms with Crippen molar-refractivity contribution in [2.24, 2.45) is 7.05 Å². The first-order valence-corrected chi connectivity index (χ1v) is 5.53. The molecule has 0 amide bonds. The largest absolute Gasteiger partial charge is 0.451 e. The summed E-state index contributed by atoms with van der Waals surface area (Å²) in [4.78, 5) is 11.7. The van der Waals surface area contributed by atoms with E-state index in [1.54, 1.807) is 18.2 Å². The standard InChI is InChI=1S/C12H9F3N4O/c1-18-10(12(13,14)15)17-19(11(18)20)7-9-5-3-2-4-8(9)6-16/h2-5H,7H2,1H3. The lowest BCUT2D eigenvalue weighted by atomic mass is 10.1. The quantitative estimate of drug-likeness (QED) is 0.839. The van der Waals surface area contributed by atoms with Gasteiger partial charge in [0.15, 0.2) is 0 Å². The van der Waals surface area contributed by atoms with Gasteiger partial charge in [-0.2, -0.15) is 18.4 Å². The van der Waals surface area contributed by atoms with Crippen LogP contribution < -0.4 is 5.69 Å². The van der Waals surface area contributed by atoms with Gasteiger partial charge in [0.1, 0.15) is 0 Å². The summed E-state index contributed by atoms with van der Waals surface area (Å²) in [5, 5.41) is 12.2. The van der Waals surface area contributed by atoms with Gasteiger partial charge in [-0.25, -0.2) is 9.48 Å². The van der Waals surface area contributed by atoms with Gasteiger partial charge < -0.3 is 0 Å². The fraction of sp³-hybridized carbons (Fsp3) is 0.250. The van der Waals surface area contributed by atoms with Gasteiger partial charge in [-0.3, -0.25) is 4.57 Å². The molecule has 8 heteroatoms. The van der Waals surface area contributed by atoms with Crippen LogP contribution in [-0.4, -0.2) is 14.3 Å². The second-order valence-corrected chi connectivity index (χ2v) is 4.09. The highest BCUT2D eigenvalue weighted by Crippen LogP contribution is 2.26. The van der Waals surface area contributed by atoms with Crippen molar-refractivity contribution in [3.63, 3.8) is 0 Å². The van der Waals surface area contributed by atoms with Crippen LogP contribution in [0.3, 0.4) is 0 Å². The van der Waals surface area contributed by atoms with E-state index in [0.29, 0.717) is 20.4 Å². The highest BCUT2D eigenvalue weighted by atomic mass is 19.4. The topological polar surface area (TPSA) is 63.6 Å². The van der Waals surface area contributed by atoms with Gasteiger partial charge in [0.25, 0.3) is 0 Å². The highest BCUT2D eigenvalue weighted by Gasteiger charge is 2.38. The number of nitrogens with zero attached hydrogens (tertiary/aromatic N) is 4. The molecular weight excluding hydrogens is 273 g/mol. The molecule has 0 saturated heterocycles. The van der Waals surface area contributed by atoms with Crippen LogP contribution in [0.2, 0.25) is 0 Å². The Morgan fingerprint density at radius 3 is 2.55 bits per heavy atom. The van der Waals surface area contributed by atoms with E-state index in [9.17, 15) is 18.0 Å². The summed E-state index contributed by atoms with van der Waals surface area (Å²) in [6.07, 6.45) is -4.70. The number of hydrogen-bond donors (Lipinski definition) is 0. The maximum atomic E-state index is 12.6. The molecule has 5 nitrogen and oxygen atoms in total. The number of hydrogen-bond acceptors (Lipinski definition) is 3. The molecule has 0 fully saturated rings. The predicted octanol–water partition coefficient (Wildman–Crippen LogP) is 1.52. The number of aromatic nitrogens is 3. The van der Waals surface area contributed by atoms with Gasteiger partial charge in [-0.15, -0.1) is 5.10 Å². The first-order valence-electron chi connectivity index (χ1n) is 5.53. The van der Waals surface area contributed by atoms with E-state index >= 15 is 0 Å². The molecule has 0 radical (unpaired) electrons. The van der Waals surface area contributed by atoms with Crippen molar-refractivity contribution >= 4 is 0 Å². The molecule has 0 N–H and O–H groups in total. The van der Waals surface area contributed by atoms with Crippen molar-refractivity contribution in [1.29, 1.82) is 5.26 Å². The zero-order valence-corrected chi connectivity index (χ0v) is 10.3. The van der Waals surface area contributed by atoms with Crippen LogP contribution in [0.1, 0.15) is 17.0 Å². The fourth-order valence-corrected chi connectivity index (χ4v) is 1.77.